The summed E-state index contributed by atoms with van der Waals surface area (Å²) in [6, 6.07) is 12.3. The second kappa shape index (κ2) is 8.10. The van der Waals surface area contributed by atoms with Crippen LogP contribution in [0.4, 0.5) is 5.69 Å². The van der Waals surface area contributed by atoms with Crippen molar-refractivity contribution >= 4 is 22.6 Å². The van der Waals surface area contributed by atoms with E-state index in [1.165, 1.54) is 5.52 Å². The van der Waals surface area contributed by atoms with Crippen molar-refractivity contribution in [1.29, 1.82) is 0 Å². The molecule has 1 fully saturated rings. The molecule has 1 aliphatic rings. The summed E-state index contributed by atoms with van der Waals surface area (Å²) in [4.78, 5) is 24.0. The average Bonchev–Trinajstić information content (AvgIpc) is 3.07. The van der Waals surface area contributed by atoms with Gasteiger partial charge in [-0.1, -0.05) is 12.1 Å². The molecule has 1 aromatic carbocycles. The quantitative estimate of drug-likeness (QED) is 0.733. The van der Waals surface area contributed by atoms with Crippen molar-refractivity contribution in [3.63, 3.8) is 0 Å². The molecule has 146 valence electrons. The number of pyridine rings is 1. The Morgan fingerprint density at radius 1 is 1.25 bits per heavy atom. The van der Waals surface area contributed by atoms with Gasteiger partial charge in [-0.3, -0.25) is 14.7 Å². The monoisotopic (exact) mass is 377 g/mol. The number of benzene rings is 1. The smallest absolute Gasteiger partial charge is 0.228 e. The molecule has 1 saturated heterocycles. The van der Waals surface area contributed by atoms with Gasteiger partial charge in [-0.2, -0.15) is 0 Å². The third kappa shape index (κ3) is 3.92. The number of nitrogens with zero attached hydrogens (tertiary/aromatic N) is 4. The minimum Gasteiger partial charge on any atom is -0.324 e. The van der Waals surface area contributed by atoms with Crippen molar-refractivity contribution in [2.24, 2.45) is 5.92 Å². The molecule has 1 N–H and O–H groups in total. The highest BCUT2D eigenvalue weighted by molar-refractivity contribution is 5.92. The van der Waals surface area contributed by atoms with Crippen LogP contribution in [0.2, 0.25) is 0 Å². The van der Waals surface area contributed by atoms with Crippen LogP contribution >= 0.6 is 0 Å². The normalized spacial score (nSPS) is 17.9. The number of likely N-dealkylation sites (tertiary alicyclic amines) is 1. The number of amides is 1. The predicted octanol–water partition coefficient (Wildman–Crippen LogP) is 3.86. The van der Waals surface area contributed by atoms with Gasteiger partial charge in [-0.25, -0.2) is 4.98 Å². The van der Waals surface area contributed by atoms with Crippen LogP contribution in [0.25, 0.3) is 11.0 Å². The Kier molecular flexibility index (Phi) is 5.39. The van der Waals surface area contributed by atoms with E-state index in [0.29, 0.717) is 6.04 Å². The Hall–Kier alpha value is -2.73. The molecule has 6 nitrogen and oxygen atoms in total. The van der Waals surface area contributed by atoms with Crippen LogP contribution < -0.4 is 5.32 Å². The van der Waals surface area contributed by atoms with Gasteiger partial charge in [0.1, 0.15) is 5.82 Å². The zero-order valence-electron chi connectivity index (χ0n) is 16.5. The van der Waals surface area contributed by atoms with Crippen molar-refractivity contribution in [1.82, 2.24) is 19.4 Å². The number of hydrogen-bond acceptors (Lipinski definition) is 4. The molecule has 3 heterocycles. The highest BCUT2D eigenvalue weighted by Crippen LogP contribution is 2.24. The van der Waals surface area contributed by atoms with E-state index >= 15 is 0 Å². The fourth-order valence-electron chi connectivity index (χ4n) is 4.08. The first-order valence-electron chi connectivity index (χ1n) is 10.0. The number of aromatic nitrogens is 3. The summed E-state index contributed by atoms with van der Waals surface area (Å²) in [5, 5.41) is 3.00. The average molecular weight is 377 g/mol. The van der Waals surface area contributed by atoms with Crippen LogP contribution in [-0.2, 0) is 11.3 Å². The van der Waals surface area contributed by atoms with Gasteiger partial charge in [0.2, 0.25) is 5.91 Å². The number of carbonyl (C=O) groups is 1. The zero-order chi connectivity index (χ0) is 19.5. The van der Waals surface area contributed by atoms with Crippen molar-refractivity contribution in [3.05, 3.63) is 54.6 Å². The molecule has 0 unspecified atom stereocenters. The number of rotatable bonds is 5. The summed E-state index contributed by atoms with van der Waals surface area (Å²) in [7, 11) is 0. The molecule has 3 aromatic rings. The van der Waals surface area contributed by atoms with Gasteiger partial charge in [0.25, 0.3) is 0 Å². The Labute approximate surface area is 165 Å². The Morgan fingerprint density at radius 2 is 2.11 bits per heavy atom. The van der Waals surface area contributed by atoms with Crippen LogP contribution in [0.5, 0.6) is 0 Å². The molecule has 1 aliphatic heterocycles. The molecular formula is C22H27N5O. The summed E-state index contributed by atoms with van der Waals surface area (Å²) in [6.07, 6.45) is 5.33. The van der Waals surface area contributed by atoms with Gasteiger partial charge in [0, 0.05) is 18.8 Å². The van der Waals surface area contributed by atoms with Crippen LogP contribution in [-0.4, -0.2) is 38.4 Å². The second-order valence-corrected chi connectivity index (χ2v) is 7.79. The zero-order valence-corrected chi connectivity index (χ0v) is 16.5. The fraction of sp³-hybridized carbons (Fsp3) is 0.409. The molecule has 0 spiro atoms. The molecule has 2 aromatic heterocycles. The molecule has 1 amide bonds. The number of fused-ring (bicyclic) bond motifs is 1. The molecule has 0 bridgehead atoms. The topological polar surface area (TPSA) is 63.1 Å². The summed E-state index contributed by atoms with van der Waals surface area (Å²) < 4.78 is 2.31. The summed E-state index contributed by atoms with van der Waals surface area (Å²) >= 11 is 0. The number of anilines is 1. The van der Waals surface area contributed by atoms with Crippen LogP contribution in [0, 0.1) is 5.92 Å². The minimum atomic E-state index is -0.00849. The number of imidazole rings is 1. The molecule has 6 heteroatoms. The van der Waals surface area contributed by atoms with Crippen molar-refractivity contribution < 1.29 is 4.79 Å². The number of hydrogen-bond donors (Lipinski definition) is 1. The number of carbonyl (C=O) groups excluding carboxylic acids is 1. The maximum Gasteiger partial charge on any atom is 0.228 e. The molecule has 0 saturated carbocycles. The maximum absolute atomic E-state index is 12.7. The first-order chi connectivity index (χ1) is 13.6. The lowest BCUT2D eigenvalue weighted by atomic mass is 9.97. The maximum atomic E-state index is 12.7. The van der Waals surface area contributed by atoms with Crippen LogP contribution in [0.1, 0.15) is 38.6 Å². The Balaban J connectivity index is 1.48. The lowest BCUT2D eigenvalue weighted by Gasteiger charge is -2.32. The molecule has 1 atom stereocenters. The third-order valence-electron chi connectivity index (χ3n) is 5.36. The van der Waals surface area contributed by atoms with E-state index in [2.05, 4.69) is 51.8 Å². The Morgan fingerprint density at radius 3 is 2.89 bits per heavy atom. The first kappa shape index (κ1) is 18.6. The standard InChI is InChI=1S/C22H27N5O/c1-16(2)27-20-10-4-3-9-19(20)25-21(27)15-26-12-6-7-17(14-26)22(28)24-18-8-5-11-23-13-18/h3-5,8-11,13,16-17H,6-7,12,14-15H2,1-2H3,(H,24,28)/t17-/m1/s1. The Bertz CT molecular complexity index is 950. The van der Waals surface area contributed by atoms with Gasteiger partial charge >= 0.3 is 0 Å². The van der Waals surface area contributed by atoms with E-state index in [-0.39, 0.29) is 11.8 Å². The largest absolute Gasteiger partial charge is 0.324 e. The van der Waals surface area contributed by atoms with E-state index in [1.807, 2.05) is 18.2 Å². The predicted molar refractivity (Wildman–Crippen MR) is 111 cm³/mol. The van der Waals surface area contributed by atoms with Gasteiger partial charge in [0.05, 0.1) is 35.4 Å². The van der Waals surface area contributed by atoms with Crippen molar-refractivity contribution in [3.8, 4) is 0 Å². The van der Waals surface area contributed by atoms with Crippen molar-refractivity contribution in [2.75, 3.05) is 18.4 Å². The molecule has 4 rings (SSSR count). The lowest BCUT2D eigenvalue weighted by molar-refractivity contribution is -0.121. The van der Waals surface area contributed by atoms with Gasteiger partial charge in [0.15, 0.2) is 0 Å². The van der Waals surface area contributed by atoms with E-state index in [9.17, 15) is 4.79 Å². The highest BCUT2D eigenvalue weighted by atomic mass is 16.1. The number of nitrogens with one attached hydrogen (secondary N) is 1. The summed E-state index contributed by atoms with van der Waals surface area (Å²) in [5.41, 5.74) is 2.97. The number of piperidine rings is 1. The lowest BCUT2D eigenvalue weighted by Crippen LogP contribution is -2.40. The van der Waals surface area contributed by atoms with Gasteiger partial charge in [-0.05, 0) is 57.5 Å². The first-order valence-corrected chi connectivity index (χ1v) is 10.0. The minimum absolute atomic E-state index is 0.00849. The van der Waals surface area contributed by atoms with E-state index < -0.39 is 0 Å². The number of para-hydroxylation sites is 2. The summed E-state index contributed by atoms with van der Waals surface area (Å²) in [5.74, 6) is 1.14. The molecular weight excluding hydrogens is 350 g/mol. The van der Waals surface area contributed by atoms with E-state index in [0.717, 1.165) is 49.5 Å². The van der Waals surface area contributed by atoms with E-state index in [1.54, 1.807) is 12.4 Å². The molecule has 0 aliphatic carbocycles. The second-order valence-electron chi connectivity index (χ2n) is 7.79. The summed E-state index contributed by atoms with van der Waals surface area (Å²) in [6.45, 7) is 6.91. The SMILES string of the molecule is CC(C)n1c(CN2CCC[C@@H](C(=O)Nc3cccnc3)C2)nc2ccccc21. The van der Waals surface area contributed by atoms with Gasteiger partial charge in [-0.15, -0.1) is 0 Å². The molecule has 28 heavy (non-hydrogen) atoms. The van der Waals surface area contributed by atoms with E-state index in [4.69, 9.17) is 4.98 Å². The van der Waals surface area contributed by atoms with Crippen LogP contribution in [0.15, 0.2) is 48.8 Å². The van der Waals surface area contributed by atoms with Crippen molar-refractivity contribution in [2.45, 2.75) is 39.3 Å². The third-order valence-corrected chi connectivity index (χ3v) is 5.36. The van der Waals surface area contributed by atoms with Gasteiger partial charge < -0.3 is 9.88 Å². The molecule has 0 radical (unpaired) electrons. The van der Waals surface area contributed by atoms with Crippen LogP contribution in [0.3, 0.4) is 0 Å². The highest BCUT2D eigenvalue weighted by Gasteiger charge is 2.27. The fourth-order valence-corrected chi connectivity index (χ4v) is 4.08.